The smallest absolute Gasteiger partial charge is 0.287 e. The molecule has 6 nitrogen and oxygen atoms in total. The largest absolute Gasteiger partial charge is 0.459 e. The van der Waals surface area contributed by atoms with Gasteiger partial charge in [-0.05, 0) is 52.3 Å². The zero-order chi connectivity index (χ0) is 19.6. The number of thiophene rings is 1. The minimum Gasteiger partial charge on any atom is -0.459 e. The van der Waals surface area contributed by atoms with Gasteiger partial charge in [0.05, 0.1) is 6.26 Å². The van der Waals surface area contributed by atoms with Gasteiger partial charge in [0, 0.05) is 47.4 Å². The number of aryl methyl sites for hydroxylation is 2. The maximum Gasteiger partial charge on any atom is 0.287 e. The predicted octanol–water partition coefficient (Wildman–Crippen LogP) is 3.26. The Kier molecular flexibility index (Phi) is 8.39. The highest BCUT2D eigenvalue weighted by Crippen LogP contribution is 2.16. The normalized spacial score (nSPS) is 12.7. The third-order valence-corrected chi connectivity index (χ3v) is 5.01. The van der Waals surface area contributed by atoms with Gasteiger partial charge in [0.15, 0.2) is 11.7 Å². The van der Waals surface area contributed by atoms with Crippen molar-refractivity contribution in [1.29, 1.82) is 0 Å². The second kappa shape index (κ2) is 10.8. The molecule has 27 heavy (non-hydrogen) atoms. The summed E-state index contributed by atoms with van der Waals surface area (Å²) in [6, 6.07) is 6.42. The summed E-state index contributed by atoms with van der Waals surface area (Å²) >= 11 is 1.84. The summed E-state index contributed by atoms with van der Waals surface area (Å²) in [6.45, 7) is 10.2. The predicted molar refractivity (Wildman–Crippen MR) is 112 cm³/mol. The van der Waals surface area contributed by atoms with E-state index in [9.17, 15) is 4.79 Å². The quantitative estimate of drug-likeness (QED) is 0.349. The maximum atomic E-state index is 12.0. The van der Waals surface area contributed by atoms with E-state index in [4.69, 9.17) is 4.42 Å². The van der Waals surface area contributed by atoms with Crippen molar-refractivity contribution < 1.29 is 9.21 Å². The minimum atomic E-state index is -0.175. The molecule has 0 fully saturated rings. The van der Waals surface area contributed by atoms with E-state index in [1.165, 1.54) is 16.0 Å². The van der Waals surface area contributed by atoms with E-state index in [0.29, 0.717) is 24.9 Å². The molecule has 0 aromatic carbocycles. The molecule has 1 unspecified atom stereocenters. The van der Waals surface area contributed by atoms with Gasteiger partial charge in [-0.1, -0.05) is 0 Å². The summed E-state index contributed by atoms with van der Waals surface area (Å²) in [5.74, 6) is 1.02. The lowest BCUT2D eigenvalue weighted by molar-refractivity contribution is 0.0925. The lowest BCUT2D eigenvalue weighted by Crippen LogP contribution is -2.43. The van der Waals surface area contributed by atoms with Crippen LogP contribution in [0.3, 0.4) is 0 Å². The molecule has 0 aliphatic heterocycles. The molecule has 7 heteroatoms. The first-order valence-electron chi connectivity index (χ1n) is 9.42. The van der Waals surface area contributed by atoms with Gasteiger partial charge in [-0.2, -0.15) is 0 Å². The van der Waals surface area contributed by atoms with E-state index in [0.717, 1.165) is 30.9 Å². The minimum absolute atomic E-state index is 0.175. The first-order chi connectivity index (χ1) is 13.0. The molecule has 0 saturated heterocycles. The number of hydrogen-bond donors (Lipinski definition) is 3. The molecule has 148 valence electrons. The topological polar surface area (TPSA) is 78.7 Å². The zero-order valence-electron chi connectivity index (χ0n) is 16.6. The van der Waals surface area contributed by atoms with Gasteiger partial charge >= 0.3 is 0 Å². The molecule has 0 saturated carbocycles. The number of guanidine groups is 1. The number of amides is 1. The molecule has 0 spiro atoms. The van der Waals surface area contributed by atoms with Crippen LogP contribution < -0.4 is 16.0 Å². The second-order valence-electron chi connectivity index (χ2n) is 6.56. The summed E-state index contributed by atoms with van der Waals surface area (Å²) < 4.78 is 5.19. The van der Waals surface area contributed by atoms with Crippen LogP contribution in [0.5, 0.6) is 0 Å². The zero-order valence-corrected chi connectivity index (χ0v) is 17.4. The Labute approximate surface area is 165 Å². The van der Waals surface area contributed by atoms with Crippen molar-refractivity contribution in [1.82, 2.24) is 16.0 Å². The molecule has 3 N–H and O–H groups in total. The Morgan fingerprint density at radius 1 is 1.26 bits per heavy atom. The molecule has 2 heterocycles. The van der Waals surface area contributed by atoms with Crippen molar-refractivity contribution in [2.75, 3.05) is 19.6 Å². The van der Waals surface area contributed by atoms with Gasteiger partial charge in [-0.3, -0.25) is 9.79 Å². The van der Waals surface area contributed by atoms with Gasteiger partial charge in [-0.25, -0.2) is 0 Å². The number of nitrogens with zero attached hydrogens (tertiary/aromatic N) is 1. The molecule has 0 bridgehead atoms. The van der Waals surface area contributed by atoms with Crippen molar-refractivity contribution in [3.63, 3.8) is 0 Å². The van der Waals surface area contributed by atoms with Crippen molar-refractivity contribution >= 4 is 23.2 Å². The Morgan fingerprint density at radius 3 is 2.70 bits per heavy atom. The molecule has 0 aliphatic carbocycles. The number of rotatable bonds is 9. The fourth-order valence-electron chi connectivity index (χ4n) is 2.66. The number of furan rings is 1. The molecule has 1 amide bonds. The van der Waals surface area contributed by atoms with E-state index < -0.39 is 0 Å². The number of carbonyl (C=O) groups is 1. The van der Waals surface area contributed by atoms with Crippen molar-refractivity contribution in [3.05, 3.63) is 45.5 Å². The highest BCUT2D eigenvalue weighted by Gasteiger charge is 2.11. The summed E-state index contributed by atoms with van der Waals surface area (Å²) in [5.41, 5.74) is 0.846. The van der Waals surface area contributed by atoms with Crippen molar-refractivity contribution in [2.45, 2.75) is 46.6 Å². The Balaban J connectivity index is 1.74. The molecule has 2 aromatic rings. The second-order valence-corrected chi connectivity index (χ2v) is 7.94. The molecule has 0 aliphatic rings. The van der Waals surface area contributed by atoms with E-state index in [1.807, 2.05) is 18.3 Å². The van der Waals surface area contributed by atoms with Crippen molar-refractivity contribution in [3.8, 4) is 0 Å². The average molecular weight is 391 g/mol. The van der Waals surface area contributed by atoms with Gasteiger partial charge in [0.25, 0.3) is 5.91 Å². The van der Waals surface area contributed by atoms with E-state index in [2.05, 4.69) is 53.8 Å². The van der Waals surface area contributed by atoms with Crippen LogP contribution in [0.15, 0.2) is 33.9 Å². The lowest BCUT2D eigenvalue weighted by atomic mass is 10.2. The Hall–Kier alpha value is -2.28. The Bertz CT molecular complexity index is 751. The maximum absolute atomic E-state index is 12.0. The highest BCUT2D eigenvalue weighted by atomic mass is 32.1. The standard InChI is InChI=1S/C20H30N4O2S/c1-5-21-20(24-15(3)13-17-8-7-16(4)27-17)23-11-6-10-22-19(25)18-14(2)9-12-26-18/h7-9,12,15H,5-6,10-11,13H2,1-4H3,(H,22,25)(H2,21,23,24). The summed E-state index contributed by atoms with van der Waals surface area (Å²) in [5, 5.41) is 9.59. The average Bonchev–Trinajstić information content (AvgIpc) is 3.22. The van der Waals surface area contributed by atoms with Crippen LogP contribution in [0.2, 0.25) is 0 Å². The van der Waals surface area contributed by atoms with E-state index in [-0.39, 0.29) is 5.91 Å². The fourth-order valence-corrected chi connectivity index (χ4v) is 3.68. The third kappa shape index (κ3) is 7.09. The SMILES string of the molecule is CCNC(=NCCCNC(=O)c1occc1C)NC(C)Cc1ccc(C)s1. The van der Waals surface area contributed by atoms with Crippen LogP contribution in [-0.2, 0) is 6.42 Å². The number of hydrogen-bond acceptors (Lipinski definition) is 4. The van der Waals surface area contributed by atoms with E-state index in [1.54, 1.807) is 6.07 Å². The number of carbonyl (C=O) groups excluding carboxylic acids is 1. The molecular weight excluding hydrogens is 360 g/mol. The first kappa shape index (κ1) is 21.0. The van der Waals surface area contributed by atoms with Crippen LogP contribution in [-0.4, -0.2) is 37.5 Å². The molecule has 2 aromatic heterocycles. The number of nitrogens with one attached hydrogen (secondary N) is 3. The van der Waals surface area contributed by atoms with Crippen LogP contribution in [0.25, 0.3) is 0 Å². The molecular formula is C20H30N4O2S. The monoisotopic (exact) mass is 390 g/mol. The molecule has 2 rings (SSSR count). The van der Waals surface area contributed by atoms with Crippen LogP contribution in [0.4, 0.5) is 0 Å². The number of aliphatic imine (C=N–C) groups is 1. The van der Waals surface area contributed by atoms with Crippen molar-refractivity contribution in [2.24, 2.45) is 4.99 Å². The summed E-state index contributed by atoms with van der Waals surface area (Å²) in [4.78, 5) is 19.3. The third-order valence-electron chi connectivity index (χ3n) is 3.99. The molecule has 0 radical (unpaired) electrons. The fraction of sp³-hybridized carbons (Fsp3) is 0.500. The Morgan fingerprint density at radius 2 is 2.07 bits per heavy atom. The molecule has 1 atom stereocenters. The lowest BCUT2D eigenvalue weighted by Gasteiger charge is -2.17. The van der Waals surface area contributed by atoms with Gasteiger partial charge in [0.1, 0.15) is 0 Å². The first-order valence-corrected chi connectivity index (χ1v) is 10.2. The van der Waals surface area contributed by atoms with Crippen LogP contribution >= 0.6 is 11.3 Å². The van der Waals surface area contributed by atoms with Gasteiger partial charge < -0.3 is 20.4 Å². The summed E-state index contributed by atoms with van der Waals surface area (Å²) in [7, 11) is 0. The van der Waals surface area contributed by atoms with E-state index >= 15 is 0 Å². The highest BCUT2D eigenvalue weighted by molar-refractivity contribution is 7.11. The van der Waals surface area contributed by atoms with Gasteiger partial charge in [0.2, 0.25) is 0 Å². The van der Waals surface area contributed by atoms with Crippen LogP contribution in [0, 0.1) is 13.8 Å². The summed E-state index contributed by atoms with van der Waals surface area (Å²) in [6.07, 6.45) is 3.27. The van der Waals surface area contributed by atoms with Gasteiger partial charge in [-0.15, -0.1) is 11.3 Å². The van der Waals surface area contributed by atoms with Crippen LogP contribution in [0.1, 0.15) is 46.1 Å².